The Bertz CT molecular complexity index is 613. The maximum Gasteiger partial charge on any atom is 0.193 e. The van der Waals surface area contributed by atoms with Crippen LogP contribution in [0.5, 0.6) is 0 Å². The van der Waals surface area contributed by atoms with E-state index >= 15 is 0 Å². The second-order valence-electron chi connectivity index (χ2n) is 5.39. The third kappa shape index (κ3) is 5.33. The molecule has 0 saturated heterocycles. The van der Waals surface area contributed by atoms with Crippen molar-refractivity contribution < 1.29 is 0 Å². The molecular weight excluding hydrogens is 385 g/mol. The number of nitrogens with one attached hydrogen (secondary N) is 1. The molecule has 3 N–H and O–H groups in total. The second kappa shape index (κ2) is 8.78. The zero-order chi connectivity index (χ0) is 15.2. The number of benzene rings is 2. The molecule has 0 fully saturated rings. The number of para-hydroxylation sites is 1. The van der Waals surface area contributed by atoms with E-state index in [0.29, 0.717) is 12.5 Å². The van der Waals surface area contributed by atoms with E-state index < -0.39 is 0 Å². The number of hydrogen-bond acceptors (Lipinski definition) is 1. The van der Waals surface area contributed by atoms with Crippen molar-refractivity contribution in [2.75, 3.05) is 11.9 Å². The third-order valence-electron chi connectivity index (χ3n) is 3.53. The van der Waals surface area contributed by atoms with Crippen molar-refractivity contribution in [1.29, 1.82) is 0 Å². The number of aryl methyl sites for hydroxylation is 3. The van der Waals surface area contributed by atoms with Crippen molar-refractivity contribution in [1.82, 2.24) is 0 Å². The highest BCUT2D eigenvalue weighted by atomic mass is 127. The lowest BCUT2D eigenvalue weighted by Gasteiger charge is -2.10. The molecule has 0 aliphatic heterocycles. The first kappa shape index (κ1) is 18.5. The number of halogens is 1. The number of guanidine groups is 1. The molecule has 0 aromatic heterocycles. The maximum atomic E-state index is 5.91. The van der Waals surface area contributed by atoms with Gasteiger partial charge in [0.1, 0.15) is 0 Å². The van der Waals surface area contributed by atoms with Crippen LogP contribution in [0.3, 0.4) is 0 Å². The fourth-order valence-corrected chi connectivity index (χ4v) is 2.60. The molecule has 22 heavy (non-hydrogen) atoms. The minimum Gasteiger partial charge on any atom is -0.370 e. The smallest absolute Gasteiger partial charge is 0.193 e. The van der Waals surface area contributed by atoms with Gasteiger partial charge in [-0.05, 0) is 56.0 Å². The van der Waals surface area contributed by atoms with Crippen LogP contribution in [0.1, 0.15) is 22.3 Å². The molecule has 2 aromatic rings. The average molecular weight is 409 g/mol. The van der Waals surface area contributed by atoms with Crippen LogP contribution in [0.15, 0.2) is 47.5 Å². The Hall–Kier alpha value is -1.56. The molecule has 0 saturated carbocycles. The highest BCUT2D eigenvalue weighted by Gasteiger charge is 2.03. The van der Waals surface area contributed by atoms with Gasteiger partial charge in [0.15, 0.2) is 5.96 Å². The molecule has 0 atom stereocenters. The second-order valence-corrected chi connectivity index (χ2v) is 5.39. The quantitative estimate of drug-likeness (QED) is 0.452. The van der Waals surface area contributed by atoms with Gasteiger partial charge < -0.3 is 11.1 Å². The largest absolute Gasteiger partial charge is 0.370 e. The fraction of sp³-hybridized carbons (Fsp3) is 0.278. The Morgan fingerprint density at radius 2 is 1.64 bits per heavy atom. The summed E-state index contributed by atoms with van der Waals surface area (Å²) in [6.45, 7) is 7.13. The minimum absolute atomic E-state index is 0. The monoisotopic (exact) mass is 409 g/mol. The van der Waals surface area contributed by atoms with Crippen LogP contribution in [0, 0.1) is 20.8 Å². The molecule has 0 amide bonds. The van der Waals surface area contributed by atoms with Gasteiger partial charge in [0, 0.05) is 12.2 Å². The van der Waals surface area contributed by atoms with Crippen LogP contribution in [0.25, 0.3) is 0 Å². The Labute approximate surface area is 150 Å². The van der Waals surface area contributed by atoms with E-state index in [1.54, 1.807) is 0 Å². The summed E-state index contributed by atoms with van der Waals surface area (Å²) in [5, 5.41) is 3.09. The highest BCUT2D eigenvalue weighted by Crippen LogP contribution is 2.16. The fourth-order valence-electron chi connectivity index (χ4n) is 2.60. The Morgan fingerprint density at radius 1 is 1.05 bits per heavy atom. The van der Waals surface area contributed by atoms with Crippen LogP contribution < -0.4 is 11.1 Å². The number of nitrogens with zero attached hydrogens (tertiary/aromatic N) is 1. The van der Waals surface area contributed by atoms with Crippen LogP contribution in [0.2, 0.25) is 0 Å². The molecule has 2 aromatic carbocycles. The molecule has 0 bridgehead atoms. The summed E-state index contributed by atoms with van der Waals surface area (Å²) in [6.07, 6.45) is 0.912. The van der Waals surface area contributed by atoms with Gasteiger partial charge in [0.05, 0.1) is 0 Å². The van der Waals surface area contributed by atoms with Gasteiger partial charge in [-0.3, -0.25) is 4.99 Å². The zero-order valence-electron chi connectivity index (χ0n) is 13.4. The molecule has 0 spiro atoms. The molecule has 0 heterocycles. The molecular formula is C18H24IN3. The van der Waals surface area contributed by atoms with E-state index in [1.165, 1.54) is 22.3 Å². The number of hydrogen-bond donors (Lipinski definition) is 2. The first-order valence-corrected chi connectivity index (χ1v) is 7.25. The number of nitrogens with two attached hydrogens (primary N) is 1. The average Bonchev–Trinajstić information content (AvgIpc) is 2.42. The molecule has 0 aliphatic carbocycles. The van der Waals surface area contributed by atoms with Gasteiger partial charge in [-0.1, -0.05) is 35.9 Å². The van der Waals surface area contributed by atoms with Gasteiger partial charge in [-0.25, -0.2) is 0 Å². The SMILES string of the molecule is Cc1cc(C)c(CCN=C(N)Nc2ccccc2)c(C)c1.I. The summed E-state index contributed by atoms with van der Waals surface area (Å²) in [5.41, 5.74) is 12.2. The maximum absolute atomic E-state index is 5.91. The van der Waals surface area contributed by atoms with Crippen molar-refractivity contribution in [3.05, 3.63) is 64.7 Å². The van der Waals surface area contributed by atoms with E-state index in [9.17, 15) is 0 Å². The number of rotatable bonds is 4. The summed E-state index contributed by atoms with van der Waals surface area (Å²) in [4.78, 5) is 4.40. The summed E-state index contributed by atoms with van der Waals surface area (Å²) >= 11 is 0. The third-order valence-corrected chi connectivity index (χ3v) is 3.53. The predicted molar refractivity (Wildman–Crippen MR) is 106 cm³/mol. The molecule has 0 unspecified atom stereocenters. The van der Waals surface area contributed by atoms with Crippen LogP contribution >= 0.6 is 24.0 Å². The van der Waals surface area contributed by atoms with Gasteiger partial charge in [0.25, 0.3) is 0 Å². The molecule has 0 radical (unpaired) electrons. The van der Waals surface area contributed by atoms with E-state index in [-0.39, 0.29) is 24.0 Å². The number of aliphatic imine (C=N–C) groups is 1. The van der Waals surface area contributed by atoms with Crippen molar-refractivity contribution in [3.63, 3.8) is 0 Å². The lowest BCUT2D eigenvalue weighted by molar-refractivity contribution is 0.941. The standard InChI is InChI=1S/C18H23N3.HI/c1-13-11-14(2)17(15(3)12-13)9-10-20-18(19)21-16-7-5-4-6-8-16;/h4-8,11-12H,9-10H2,1-3H3,(H3,19,20,21);1H. The molecule has 4 heteroatoms. The van der Waals surface area contributed by atoms with Gasteiger partial charge >= 0.3 is 0 Å². The molecule has 0 aliphatic rings. The Kier molecular flexibility index (Phi) is 7.38. The Balaban J connectivity index is 0.00000242. The van der Waals surface area contributed by atoms with Crippen LogP contribution in [-0.4, -0.2) is 12.5 Å². The number of anilines is 1. The lowest BCUT2D eigenvalue weighted by Crippen LogP contribution is -2.23. The lowest BCUT2D eigenvalue weighted by atomic mass is 9.97. The van der Waals surface area contributed by atoms with Gasteiger partial charge in [-0.15, -0.1) is 24.0 Å². The Morgan fingerprint density at radius 3 is 2.23 bits per heavy atom. The van der Waals surface area contributed by atoms with Gasteiger partial charge in [-0.2, -0.15) is 0 Å². The summed E-state index contributed by atoms with van der Waals surface area (Å²) in [5.74, 6) is 0.462. The first-order valence-electron chi connectivity index (χ1n) is 7.25. The normalized spacial score (nSPS) is 11.0. The molecule has 3 nitrogen and oxygen atoms in total. The zero-order valence-corrected chi connectivity index (χ0v) is 15.7. The first-order chi connectivity index (χ1) is 10.1. The van der Waals surface area contributed by atoms with E-state index in [1.807, 2.05) is 30.3 Å². The van der Waals surface area contributed by atoms with Crippen molar-refractivity contribution >= 4 is 35.6 Å². The summed E-state index contributed by atoms with van der Waals surface area (Å²) < 4.78 is 0. The summed E-state index contributed by atoms with van der Waals surface area (Å²) in [7, 11) is 0. The minimum atomic E-state index is 0. The summed E-state index contributed by atoms with van der Waals surface area (Å²) in [6, 6.07) is 14.3. The highest BCUT2D eigenvalue weighted by molar-refractivity contribution is 14.0. The van der Waals surface area contributed by atoms with E-state index in [2.05, 4.69) is 43.2 Å². The van der Waals surface area contributed by atoms with Crippen LogP contribution in [-0.2, 0) is 6.42 Å². The molecule has 118 valence electrons. The topological polar surface area (TPSA) is 50.4 Å². The molecule has 2 rings (SSSR count). The van der Waals surface area contributed by atoms with Crippen LogP contribution in [0.4, 0.5) is 5.69 Å². The van der Waals surface area contributed by atoms with E-state index in [4.69, 9.17) is 5.73 Å². The van der Waals surface area contributed by atoms with Crippen molar-refractivity contribution in [2.45, 2.75) is 27.2 Å². The van der Waals surface area contributed by atoms with E-state index in [0.717, 1.165) is 12.1 Å². The van der Waals surface area contributed by atoms with Crippen molar-refractivity contribution in [2.24, 2.45) is 10.7 Å². The predicted octanol–water partition coefficient (Wildman–Crippen LogP) is 4.20. The van der Waals surface area contributed by atoms with Gasteiger partial charge in [0.2, 0.25) is 0 Å². The van der Waals surface area contributed by atoms with Crippen molar-refractivity contribution in [3.8, 4) is 0 Å².